The van der Waals surface area contributed by atoms with Gasteiger partial charge in [-0.25, -0.2) is 0 Å². The summed E-state index contributed by atoms with van der Waals surface area (Å²) < 4.78 is 0.858. The molecule has 0 aliphatic carbocycles. The Morgan fingerprint density at radius 1 is 1.28 bits per heavy atom. The molecular weight excluding hydrogens is 335 g/mol. The highest BCUT2D eigenvalue weighted by Crippen LogP contribution is 2.35. The van der Waals surface area contributed by atoms with Gasteiger partial charge in [0.05, 0.1) is 21.8 Å². The summed E-state index contributed by atoms with van der Waals surface area (Å²) in [5, 5.41) is 4.47. The quantitative estimate of drug-likeness (QED) is 0.813. The lowest BCUT2D eigenvalue weighted by Gasteiger charge is -2.17. The summed E-state index contributed by atoms with van der Waals surface area (Å²) in [6, 6.07) is 7.61. The van der Waals surface area contributed by atoms with E-state index < -0.39 is 0 Å². The Morgan fingerprint density at radius 3 is 2.50 bits per heavy atom. The van der Waals surface area contributed by atoms with Crippen molar-refractivity contribution in [2.45, 2.75) is 13.0 Å². The maximum absolute atomic E-state index is 6.17. The molecule has 0 amide bonds. The second kappa shape index (κ2) is 5.91. The number of anilines is 1. The predicted octanol–water partition coefficient (Wildman–Crippen LogP) is 5.32. The molecule has 0 spiro atoms. The average molecular weight is 346 g/mol. The first-order chi connectivity index (χ1) is 8.58. The second-order valence-corrected chi connectivity index (χ2v) is 5.63. The molecule has 1 aromatic carbocycles. The normalized spacial score (nSPS) is 12.2. The molecule has 2 aromatic rings. The molecule has 5 heteroatoms. The third kappa shape index (κ3) is 3.16. The summed E-state index contributed by atoms with van der Waals surface area (Å²) >= 11 is 15.7. The van der Waals surface area contributed by atoms with Crippen LogP contribution in [0.1, 0.15) is 18.5 Å². The van der Waals surface area contributed by atoms with Crippen LogP contribution < -0.4 is 5.32 Å². The zero-order chi connectivity index (χ0) is 13.1. The number of halogens is 3. The smallest absolute Gasteiger partial charge is 0.0724 e. The summed E-state index contributed by atoms with van der Waals surface area (Å²) in [6.45, 7) is 2.03. The van der Waals surface area contributed by atoms with Gasteiger partial charge in [-0.2, -0.15) is 0 Å². The van der Waals surface area contributed by atoms with Gasteiger partial charge < -0.3 is 5.32 Å². The van der Waals surface area contributed by atoms with E-state index in [0.717, 1.165) is 15.7 Å². The van der Waals surface area contributed by atoms with Crippen molar-refractivity contribution in [3.63, 3.8) is 0 Å². The lowest BCUT2D eigenvalue weighted by molar-refractivity contribution is 0.876. The topological polar surface area (TPSA) is 24.9 Å². The summed E-state index contributed by atoms with van der Waals surface area (Å²) in [5.74, 6) is 0. The number of rotatable bonds is 3. The first-order valence-electron chi connectivity index (χ1n) is 5.39. The molecule has 1 aromatic heterocycles. The molecule has 0 saturated heterocycles. The lowest BCUT2D eigenvalue weighted by atomic mass is 10.1. The molecular formula is C13H11BrCl2N2. The highest BCUT2D eigenvalue weighted by molar-refractivity contribution is 9.10. The molecule has 18 heavy (non-hydrogen) atoms. The molecule has 0 radical (unpaired) electrons. The van der Waals surface area contributed by atoms with Crippen molar-refractivity contribution >= 4 is 44.8 Å². The number of hydrogen-bond donors (Lipinski definition) is 1. The minimum atomic E-state index is 0.0786. The third-order valence-corrected chi connectivity index (χ3v) is 3.61. The molecule has 2 nitrogen and oxygen atoms in total. The van der Waals surface area contributed by atoms with E-state index in [9.17, 15) is 0 Å². The van der Waals surface area contributed by atoms with Crippen LogP contribution in [0.4, 0.5) is 5.69 Å². The van der Waals surface area contributed by atoms with Gasteiger partial charge >= 0.3 is 0 Å². The number of hydrogen-bond acceptors (Lipinski definition) is 2. The molecule has 1 N–H and O–H groups in total. The van der Waals surface area contributed by atoms with Crippen LogP contribution in [0.15, 0.2) is 41.1 Å². The van der Waals surface area contributed by atoms with Crippen LogP contribution in [0.3, 0.4) is 0 Å². The molecule has 94 valence electrons. The molecule has 1 unspecified atom stereocenters. The Labute approximate surface area is 124 Å². The number of nitrogens with one attached hydrogen (secondary N) is 1. The van der Waals surface area contributed by atoms with Crippen LogP contribution in [0, 0.1) is 0 Å². The molecule has 0 bridgehead atoms. The number of benzene rings is 1. The number of pyridine rings is 1. The zero-order valence-corrected chi connectivity index (χ0v) is 12.7. The van der Waals surface area contributed by atoms with Crippen molar-refractivity contribution in [1.29, 1.82) is 0 Å². The van der Waals surface area contributed by atoms with Crippen LogP contribution >= 0.6 is 39.1 Å². The van der Waals surface area contributed by atoms with Crippen molar-refractivity contribution in [2.24, 2.45) is 0 Å². The molecule has 0 aliphatic rings. The Balaban J connectivity index is 2.25. The van der Waals surface area contributed by atoms with Gasteiger partial charge in [0.15, 0.2) is 0 Å². The van der Waals surface area contributed by atoms with E-state index >= 15 is 0 Å². The Bertz CT molecular complexity index is 523. The van der Waals surface area contributed by atoms with Crippen molar-refractivity contribution in [1.82, 2.24) is 4.98 Å². The predicted molar refractivity (Wildman–Crippen MR) is 80.4 cm³/mol. The summed E-state index contributed by atoms with van der Waals surface area (Å²) in [6.07, 6.45) is 3.56. The zero-order valence-electron chi connectivity index (χ0n) is 9.62. The van der Waals surface area contributed by atoms with E-state index in [1.165, 1.54) is 0 Å². The Kier molecular flexibility index (Phi) is 4.49. The Morgan fingerprint density at radius 2 is 1.94 bits per heavy atom. The van der Waals surface area contributed by atoms with Crippen molar-refractivity contribution < 1.29 is 0 Å². The third-order valence-electron chi connectivity index (χ3n) is 2.55. The van der Waals surface area contributed by atoms with Crippen LogP contribution in [0.25, 0.3) is 0 Å². The van der Waals surface area contributed by atoms with Gasteiger partial charge in [0.25, 0.3) is 0 Å². The fraction of sp³-hybridized carbons (Fsp3) is 0.154. The van der Waals surface area contributed by atoms with Gasteiger partial charge in [-0.3, -0.25) is 4.98 Å². The van der Waals surface area contributed by atoms with Crippen LogP contribution in [-0.2, 0) is 0 Å². The largest absolute Gasteiger partial charge is 0.376 e. The van der Waals surface area contributed by atoms with E-state index in [0.29, 0.717) is 10.0 Å². The fourth-order valence-electron chi connectivity index (χ4n) is 1.61. The first-order valence-corrected chi connectivity index (χ1v) is 6.94. The van der Waals surface area contributed by atoms with E-state index in [4.69, 9.17) is 23.2 Å². The minimum absolute atomic E-state index is 0.0786. The molecule has 0 saturated carbocycles. The molecule has 0 fully saturated rings. The highest BCUT2D eigenvalue weighted by atomic mass is 79.9. The van der Waals surface area contributed by atoms with E-state index in [1.807, 2.05) is 37.4 Å². The number of aromatic nitrogens is 1. The van der Waals surface area contributed by atoms with Crippen molar-refractivity contribution in [2.75, 3.05) is 5.32 Å². The van der Waals surface area contributed by atoms with Gasteiger partial charge in [-0.15, -0.1) is 0 Å². The van der Waals surface area contributed by atoms with Gasteiger partial charge in [-0.05, 0) is 30.7 Å². The van der Waals surface area contributed by atoms with Gasteiger partial charge in [0, 0.05) is 16.9 Å². The number of nitrogens with zero attached hydrogens (tertiary/aromatic N) is 1. The van der Waals surface area contributed by atoms with E-state index in [2.05, 4.69) is 26.2 Å². The Hall–Kier alpha value is -0.770. The van der Waals surface area contributed by atoms with Gasteiger partial charge in [-0.1, -0.05) is 45.2 Å². The fourth-order valence-corrected chi connectivity index (χ4v) is 2.93. The van der Waals surface area contributed by atoms with Crippen LogP contribution in [-0.4, -0.2) is 4.98 Å². The SMILES string of the molecule is CC(Nc1c(Cl)cc(Br)cc1Cl)c1cccnc1. The average Bonchev–Trinajstić information content (AvgIpc) is 2.34. The van der Waals surface area contributed by atoms with Gasteiger partial charge in [0.2, 0.25) is 0 Å². The van der Waals surface area contributed by atoms with Crippen LogP contribution in [0.5, 0.6) is 0 Å². The minimum Gasteiger partial charge on any atom is -0.376 e. The van der Waals surface area contributed by atoms with E-state index in [-0.39, 0.29) is 6.04 Å². The molecule has 1 atom stereocenters. The van der Waals surface area contributed by atoms with Gasteiger partial charge in [0.1, 0.15) is 0 Å². The molecule has 2 rings (SSSR count). The molecule has 1 heterocycles. The monoisotopic (exact) mass is 344 g/mol. The van der Waals surface area contributed by atoms with Crippen molar-refractivity contribution in [3.8, 4) is 0 Å². The lowest BCUT2D eigenvalue weighted by Crippen LogP contribution is -2.07. The van der Waals surface area contributed by atoms with Crippen molar-refractivity contribution in [3.05, 3.63) is 56.7 Å². The van der Waals surface area contributed by atoms with Crippen LogP contribution in [0.2, 0.25) is 10.0 Å². The molecule has 0 aliphatic heterocycles. The first kappa shape index (κ1) is 13.7. The maximum atomic E-state index is 6.17. The second-order valence-electron chi connectivity index (χ2n) is 3.90. The summed E-state index contributed by atoms with van der Waals surface area (Å²) in [5.41, 5.74) is 1.81. The highest BCUT2D eigenvalue weighted by Gasteiger charge is 2.11. The summed E-state index contributed by atoms with van der Waals surface area (Å²) in [7, 11) is 0. The standard InChI is InChI=1S/C13H11BrCl2N2/c1-8(9-3-2-4-17-7-9)18-13-11(15)5-10(14)6-12(13)16/h2-8,18H,1H3. The summed E-state index contributed by atoms with van der Waals surface area (Å²) in [4.78, 5) is 4.09. The maximum Gasteiger partial charge on any atom is 0.0724 e. The van der Waals surface area contributed by atoms with E-state index in [1.54, 1.807) is 6.20 Å².